The molecule has 0 spiro atoms. The monoisotopic (exact) mass is 270 g/mol. The minimum atomic E-state index is -4.91. The third kappa shape index (κ3) is 2.82. The van der Waals surface area contributed by atoms with Crippen LogP contribution in [0.2, 0.25) is 0 Å². The van der Waals surface area contributed by atoms with Gasteiger partial charge in [-0.05, 0) is 6.07 Å². The zero-order valence-corrected chi connectivity index (χ0v) is 8.78. The Morgan fingerprint density at radius 3 is 2.35 bits per heavy atom. The van der Waals surface area contributed by atoms with Crippen molar-refractivity contribution >= 4 is 11.6 Å². The van der Waals surface area contributed by atoms with E-state index >= 15 is 0 Å². The fourth-order valence-corrected chi connectivity index (χ4v) is 1.38. The van der Waals surface area contributed by atoms with Gasteiger partial charge in [0, 0.05) is 5.56 Å². The minimum Gasteiger partial charge on any atom is -0.240 e. The lowest BCUT2D eigenvalue weighted by molar-refractivity contribution is -0.138. The Morgan fingerprint density at radius 1 is 1.41 bits per heavy atom. The lowest BCUT2D eigenvalue weighted by Gasteiger charge is -2.12. The lowest BCUT2D eigenvalue weighted by Crippen LogP contribution is -2.12. The standard InChI is InChI=1S/C9H4ClF5N2/c10-2-6-4(8(11)12)1-5(9(13,14)15)7(3-16)17-6/h1,8H,2H2. The van der Waals surface area contributed by atoms with E-state index in [0.29, 0.717) is 0 Å². The maximum Gasteiger partial charge on any atom is 0.419 e. The summed E-state index contributed by atoms with van der Waals surface area (Å²) in [4.78, 5) is 3.20. The van der Waals surface area contributed by atoms with E-state index < -0.39 is 41.0 Å². The molecule has 0 aliphatic carbocycles. The lowest BCUT2D eigenvalue weighted by atomic mass is 10.1. The van der Waals surface area contributed by atoms with Gasteiger partial charge in [-0.2, -0.15) is 18.4 Å². The highest BCUT2D eigenvalue weighted by Gasteiger charge is 2.36. The molecule has 0 aliphatic heterocycles. The van der Waals surface area contributed by atoms with Crippen LogP contribution in [0.5, 0.6) is 0 Å². The second-order valence-electron chi connectivity index (χ2n) is 2.96. The Labute approximate surface area is 97.6 Å². The summed E-state index contributed by atoms with van der Waals surface area (Å²) in [5.74, 6) is -0.494. The van der Waals surface area contributed by atoms with E-state index in [0.717, 1.165) is 0 Å². The van der Waals surface area contributed by atoms with Crippen LogP contribution in [0.15, 0.2) is 6.07 Å². The average molecular weight is 271 g/mol. The van der Waals surface area contributed by atoms with Crippen molar-refractivity contribution in [3.05, 3.63) is 28.6 Å². The summed E-state index contributed by atoms with van der Waals surface area (Å²) >= 11 is 5.29. The summed E-state index contributed by atoms with van der Waals surface area (Å²) in [5.41, 5.74) is -3.78. The van der Waals surface area contributed by atoms with Crippen LogP contribution in [0.4, 0.5) is 22.0 Å². The normalized spacial score (nSPS) is 11.6. The van der Waals surface area contributed by atoms with Crippen molar-refractivity contribution in [3.8, 4) is 6.07 Å². The number of pyridine rings is 1. The number of rotatable bonds is 2. The Kier molecular flexibility index (Phi) is 3.88. The van der Waals surface area contributed by atoms with E-state index in [1.807, 2.05) is 0 Å². The molecule has 0 saturated heterocycles. The fourth-order valence-electron chi connectivity index (χ4n) is 1.16. The first-order chi connectivity index (χ1) is 7.81. The molecule has 1 aromatic heterocycles. The molecule has 0 N–H and O–H groups in total. The smallest absolute Gasteiger partial charge is 0.240 e. The van der Waals surface area contributed by atoms with Crippen LogP contribution in [-0.2, 0) is 12.1 Å². The van der Waals surface area contributed by atoms with E-state index in [4.69, 9.17) is 16.9 Å². The van der Waals surface area contributed by atoms with Crippen LogP contribution in [0.25, 0.3) is 0 Å². The molecule has 0 atom stereocenters. The van der Waals surface area contributed by atoms with Crippen molar-refractivity contribution in [2.45, 2.75) is 18.5 Å². The maximum absolute atomic E-state index is 12.5. The van der Waals surface area contributed by atoms with Crippen molar-refractivity contribution in [1.82, 2.24) is 4.98 Å². The van der Waals surface area contributed by atoms with Gasteiger partial charge in [0.15, 0.2) is 5.69 Å². The minimum absolute atomic E-state index is 0.216. The quantitative estimate of drug-likeness (QED) is 0.607. The van der Waals surface area contributed by atoms with Gasteiger partial charge >= 0.3 is 6.18 Å². The van der Waals surface area contributed by atoms with E-state index in [9.17, 15) is 22.0 Å². The van der Waals surface area contributed by atoms with Crippen molar-refractivity contribution in [3.63, 3.8) is 0 Å². The van der Waals surface area contributed by atoms with E-state index in [1.54, 1.807) is 0 Å². The Balaban J connectivity index is 3.52. The first kappa shape index (κ1) is 13.6. The van der Waals surface area contributed by atoms with Crippen LogP contribution in [0.3, 0.4) is 0 Å². The molecule has 17 heavy (non-hydrogen) atoms. The van der Waals surface area contributed by atoms with E-state index in [1.165, 1.54) is 6.07 Å². The second kappa shape index (κ2) is 4.84. The number of aromatic nitrogens is 1. The molecule has 0 fully saturated rings. The highest BCUT2D eigenvalue weighted by Crippen LogP contribution is 2.35. The molecule has 0 radical (unpaired) electrons. The maximum atomic E-state index is 12.5. The van der Waals surface area contributed by atoms with Crippen molar-refractivity contribution in [1.29, 1.82) is 5.26 Å². The number of hydrogen-bond acceptors (Lipinski definition) is 2. The molecule has 0 unspecified atom stereocenters. The third-order valence-electron chi connectivity index (χ3n) is 1.91. The summed E-state index contributed by atoms with van der Waals surface area (Å²) in [5, 5.41) is 8.49. The zero-order chi connectivity index (χ0) is 13.2. The second-order valence-corrected chi connectivity index (χ2v) is 3.23. The molecule has 92 valence electrons. The molecule has 0 aromatic carbocycles. The number of alkyl halides is 6. The van der Waals surface area contributed by atoms with Crippen LogP contribution in [-0.4, -0.2) is 4.98 Å². The van der Waals surface area contributed by atoms with Crippen LogP contribution >= 0.6 is 11.6 Å². The summed E-state index contributed by atoms with van der Waals surface area (Å²) in [6, 6.07) is 1.42. The third-order valence-corrected chi connectivity index (χ3v) is 2.16. The van der Waals surface area contributed by atoms with E-state index in [2.05, 4.69) is 4.98 Å². The molecule has 0 bridgehead atoms. The highest BCUT2D eigenvalue weighted by molar-refractivity contribution is 6.17. The van der Waals surface area contributed by atoms with E-state index in [-0.39, 0.29) is 6.07 Å². The summed E-state index contributed by atoms with van der Waals surface area (Å²) in [7, 11) is 0. The molecule has 1 aromatic rings. The Morgan fingerprint density at radius 2 is 2.00 bits per heavy atom. The Hall–Kier alpha value is -1.42. The topological polar surface area (TPSA) is 36.7 Å². The van der Waals surface area contributed by atoms with Gasteiger partial charge in [-0.3, -0.25) is 0 Å². The summed E-state index contributed by atoms with van der Waals surface area (Å²) in [6.07, 6.45) is -8.04. The van der Waals surface area contributed by atoms with Crippen molar-refractivity contribution < 1.29 is 22.0 Å². The van der Waals surface area contributed by atoms with Gasteiger partial charge < -0.3 is 0 Å². The fraction of sp³-hybridized carbons (Fsp3) is 0.333. The molecule has 0 saturated carbocycles. The SMILES string of the molecule is N#Cc1nc(CCl)c(C(F)F)cc1C(F)(F)F. The van der Waals surface area contributed by atoms with Crippen molar-refractivity contribution in [2.24, 2.45) is 0 Å². The summed E-state index contributed by atoms with van der Waals surface area (Å²) < 4.78 is 62.3. The zero-order valence-electron chi connectivity index (χ0n) is 8.02. The van der Waals surface area contributed by atoms with Gasteiger partial charge in [0.1, 0.15) is 6.07 Å². The van der Waals surface area contributed by atoms with Gasteiger partial charge in [0.2, 0.25) is 0 Å². The van der Waals surface area contributed by atoms with Crippen molar-refractivity contribution in [2.75, 3.05) is 0 Å². The predicted octanol–water partition coefficient (Wildman–Crippen LogP) is 3.65. The summed E-state index contributed by atoms with van der Waals surface area (Å²) in [6.45, 7) is 0. The predicted molar refractivity (Wildman–Crippen MR) is 48.5 cm³/mol. The van der Waals surface area contributed by atoms with Crippen LogP contribution in [0.1, 0.15) is 28.9 Å². The number of nitriles is 1. The number of halogens is 6. The van der Waals surface area contributed by atoms with Crippen LogP contribution < -0.4 is 0 Å². The Bertz CT molecular complexity index is 464. The van der Waals surface area contributed by atoms with Gasteiger partial charge in [-0.15, -0.1) is 11.6 Å². The van der Waals surface area contributed by atoms with Gasteiger partial charge in [-0.1, -0.05) is 0 Å². The van der Waals surface area contributed by atoms with Gasteiger partial charge in [0.25, 0.3) is 6.43 Å². The first-order valence-corrected chi connectivity index (χ1v) is 4.70. The molecule has 0 amide bonds. The highest BCUT2D eigenvalue weighted by atomic mass is 35.5. The number of hydrogen-bond donors (Lipinski definition) is 0. The first-order valence-electron chi connectivity index (χ1n) is 4.16. The molecule has 8 heteroatoms. The average Bonchev–Trinajstić information content (AvgIpc) is 2.25. The number of nitrogens with zero attached hydrogens (tertiary/aromatic N) is 2. The molecule has 0 aliphatic rings. The molecule has 1 rings (SSSR count). The largest absolute Gasteiger partial charge is 0.419 e. The molecular formula is C9H4ClF5N2. The van der Waals surface area contributed by atoms with Gasteiger partial charge in [-0.25, -0.2) is 13.8 Å². The van der Waals surface area contributed by atoms with Gasteiger partial charge in [0.05, 0.1) is 17.1 Å². The molecule has 2 nitrogen and oxygen atoms in total. The molecule has 1 heterocycles. The van der Waals surface area contributed by atoms with Crippen LogP contribution in [0, 0.1) is 11.3 Å². The molecular weight excluding hydrogens is 267 g/mol.